The highest BCUT2D eigenvalue weighted by Gasteiger charge is 2.21. The van der Waals surface area contributed by atoms with Gasteiger partial charge in [-0.15, -0.1) is 0 Å². The van der Waals surface area contributed by atoms with E-state index in [0.29, 0.717) is 56.9 Å². The highest BCUT2D eigenvalue weighted by atomic mass is 16.6. The highest BCUT2D eigenvalue weighted by molar-refractivity contribution is 6.00. The minimum Gasteiger partial charge on any atom is -0.378 e. The minimum atomic E-state index is -0.485. The number of ether oxygens (including phenoxy) is 1. The van der Waals surface area contributed by atoms with Gasteiger partial charge in [-0.1, -0.05) is 12.1 Å². The Morgan fingerprint density at radius 2 is 2.03 bits per heavy atom. The first-order chi connectivity index (χ1) is 14.6. The molecule has 0 radical (unpaired) electrons. The largest absolute Gasteiger partial charge is 0.378 e. The molecule has 3 aromatic rings. The fraction of sp³-hybridized carbons (Fsp3) is 0.333. The number of anilines is 1. The number of hydrogen-bond donors (Lipinski definition) is 2. The van der Waals surface area contributed by atoms with Crippen molar-refractivity contribution in [3.63, 3.8) is 0 Å². The number of H-pyrrole nitrogens is 1. The SMILES string of the molecule is O=C(NCCCc1nc2ccccc2[nH]1)c1cc([N+](=O)[O-])ccc1N1CCOCC1. The maximum absolute atomic E-state index is 12.8. The minimum absolute atomic E-state index is 0.0977. The Hall–Kier alpha value is -3.46. The number of fused-ring (bicyclic) bond motifs is 1. The van der Waals surface area contributed by atoms with Crippen LogP contribution in [-0.4, -0.2) is 53.6 Å². The number of para-hydroxylation sites is 2. The molecule has 0 bridgehead atoms. The average Bonchev–Trinajstić information content (AvgIpc) is 3.19. The molecule has 9 heteroatoms. The number of carbonyl (C=O) groups excluding carboxylic acids is 1. The maximum atomic E-state index is 12.8. The smallest absolute Gasteiger partial charge is 0.270 e. The lowest BCUT2D eigenvalue weighted by Crippen LogP contribution is -2.38. The molecule has 4 rings (SSSR count). The number of morpholine rings is 1. The lowest BCUT2D eigenvalue weighted by atomic mass is 10.1. The van der Waals surface area contributed by atoms with Crippen LogP contribution in [0.2, 0.25) is 0 Å². The number of imidazole rings is 1. The molecular formula is C21H23N5O4. The Labute approximate surface area is 173 Å². The van der Waals surface area contributed by atoms with Crippen LogP contribution in [0.15, 0.2) is 42.5 Å². The number of aryl methyl sites for hydroxylation is 1. The molecule has 9 nitrogen and oxygen atoms in total. The molecule has 2 aromatic carbocycles. The third-order valence-corrected chi connectivity index (χ3v) is 5.10. The Kier molecular flexibility index (Phi) is 5.89. The van der Waals surface area contributed by atoms with E-state index in [9.17, 15) is 14.9 Å². The molecule has 1 saturated heterocycles. The van der Waals surface area contributed by atoms with Crippen molar-refractivity contribution in [2.45, 2.75) is 12.8 Å². The van der Waals surface area contributed by atoms with Gasteiger partial charge in [0.05, 0.1) is 40.4 Å². The Bertz CT molecular complexity index is 1030. The normalized spacial score (nSPS) is 14.1. The second kappa shape index (κ2) is 8.91. The molecule has 0 spiro atoms. The van der Waals surface area contributed by atoms with Gasteiger partial charge >= 0.3 is 0 Å². The van der Waals surface area contributed by atoms with E-state index in [2.05, 4.69) is 15.3 Å². The number of amides is 1. The third-order valence-electron chi connectivity index (χ3n) is 5.10. The summed E-state index contributed by atoms with van der Waals surface area (Å²) in [5, 5.41) is 14.1. The molecule has 0 aliphatic carbocycles. The van der Waals surface area contributed by atoms with Crippen molar-refractivity contribution < 1.29 is 14.5 Å². The summed E-state index contributed by atoms with van der Waals surface area (Å²) in [6.45, 7) is 2.86. The first-order valence-corrected chi connectivity index (χ1v) is 9.95. The van der Waals surface area contributed by atoms with E-state index in [4.69, 9.17) is 4.74 Å². The van der Waals surface area contributed by atoms with Gasteiger partial charge in [0.2, 0.25) is 0 Å². The van der Waals surface area contributed by atoms with Crippen molar-refractivity contribution in [3.05, 3.63) is 64.0 Å². The first-order valence-electron chi connectivity index (χ1n) is 9.95. The van der Waals surface area contributed by atoms with Crippen LogP contribution in [0.3, 0.4) is 0 Å². The van der Waals surface area contributed by atoms with Crippen LogP contribution in [0.4, 0.5) is 11.4 Å². The van der Waals surface area contributed by atoms with Crippen LogP contribution in [0.5, 0.6) is 0 Å². The van der Waals surface area contributed by atoms with E-state index in [0.717, 1.165) is 16.9 Å². The number of benzene rings is 2. The van der Waals surface area contributed by atoms with Crippen LogP contribution in [-0.2, 0) is 11.2 Å². The average molecular weight is 409 g/mol. The number of hydrogen-bond acceptors (Lipinski definition) is 6. The lowest BCUT2D eigenvalue weighted by Gasteiger charge is -2.30. The summed E-state index contributed by atoms with van der Waals surface area (Å²) in [4.78, 5) is 33.3. The molecule has 1 aliphatic rings. The van der Waals surface area contributed by atoms with Gasteiger partial charge in [-0.3, -0.25) is 14.9 Å². The van der Waals surface area contributed by atoms with E-state index in [1.54, 1.807) is 6.07 Å². The standard InChI is InChI=1S/C21H23N5O4/c27-21(22-9-3-6-20-23-17-4-1-2-5-18(17)24-20)16-14-15(26(28)29)7-8-19(16)25-10-12-30-13-11-25/h1-2,4-5,7-8,14H,3,6,9-13H2,(H,22,27)(H,23,24). The molecular weight excluding hydrogens is 386 g/mol. The second-order valence-corrected chi connectivity index (χ2v) is 7.12. The van der Waals surface area contributed by atoms with Crippen LogP contribution < -0.4 is 10.2 Å². The number of non-ortho nitro benzene ring substituents is 1. The van der Waals surface area contributed by atoms with Gasteiger partial charge in [0.25, 0.3) is 11.6 Å². The molecule has 1 amide bonds. The number of rotatable bonds is 7. The molecule has 156 valence electrons. The fourth-order valence-corrected chi connectivity index (χ4v) is 3.58. The van der Waals surface area contributed by atoms with E-state index in [1.807, 2.05) is 29.2 Å². The predicted molar refractivity (Wildman–Crippen MR) is 113 cm³/mol. The molecule has 2 N–H and O–H groups in total. The van der Waals surface area contributed by atoms with Crippen LogP contribution in [0.25, 0.3) is 11.0 Å². The zero-order valence-electron chi connectivity index (χ0n) is 16.5. The van der Waals surface area contributed by atoms with Gasteiger partial charge < -0.3 is 19.9 Å². The van der Waals surface area contributed by atoms with Crippen molar-refractivity contribution in [1.82, 2.24) is 15.3 Å². The highest BCUT2D eigenvalue weighted by Crippen LogP contribution is 2.26. The molecule has 0 unspecified atom stereocenters. The van der Waals surface area contributed by atoms with Gasteiger partial charge in [-0.25, -0.2) is 4.98 Å². The van der Waals surface area contributed by atoms with Crippen molar-refractivity contribution in [1.29, 1.82) is 0 Å². The monoisotopic (exact) mass is 409 g/mol. The summed E-state index contributed by atoms with van der Waals surface area (Å²) in [6, 6.07) is 12.2. The third kappa shape index (κ3) is 4.41. The van der Waals surface area contributed by atoms with Crippen LogP contribution in [0, 0.1) is 10.1 Å². The predicted octanol–water partition coefficient (Wildman–Crippen LogP) is 2.67. The van der Waals surface area contributed by atoms with E-state index < -0.39 is 4.92 Å². The number of nitrogens with zero attached hydrogens (tertiary/aromatic N) is 3. The van der Waals surface area contributed by atoms with Gasteiger partial charge in [0, 0.05) is 38.2 Å². The zero-order chi connectivity index (χ0) is 20.9. The van der Waals surface area contributed by atoms with Gasteiger partial charge in [-0.05, 0) is 24.6 Å². The van der Waals surface area contributed by atoms with Gasteiger partial charge in [0.1, 0.15) is 5.82 Å². The Morgan fingerprint density at radius 3 is 2.80 bits per heavy atom. The molecule has 1 aromatic heterocycles. The zero-order valence-corrected chi connectivity index (χ0v) is 16.5. The number of nitro groups is 1. The maximum Gasteiger partial charge on any atom is 0.270 e. The molecule has 1 fully saturated rings. The number of aromatic nitrogens is 2. The summed E-state index contributed by atoms with van der Waals surface area (Å²) in [5.41, 5.74) is 2.82. The molecule has 0 saturated carbocycles. The lowest BCUT2D eigenvalue weighted by molar-refractivity contribution is -0.384. The van der Waals surface area contributed by atoms with Crippen molar-refractivity contribution >= 4 is 28.3 Å². The van der Waals surface area contributed by atoms with Gasteiger partial charge in [0.15, 0.2) is 0 Å². The summed E-state index contributed by atoms with van der Waals surface area (Å²) in [7, 11) is 0. The Balaban J connectivity index is 1.41. The molecule has 30 heavy (non-hydrogen) atoms. The van der Waals surface area contributed by atoms with Crippen molar-refractivity contribution in [3.8, 4) is 0 Å². The number of carbonyl (C=O) groups is 1. The number of nitro benzene ring substituents is 1. The number of aromatic amines is 1. The van der Waals surface area contributed by atoms with E-state index in [1.165, 1.54) is 12.1 Å². The topological polar surface area (TPSA) is 113 Å². The molecule has 1 aliphatic heterocycles. The van der Waals surface area contributed by atoms with Gasteiger partial charge in [-0.2, -0.15) is 0 Å². The summed E-state index contributed by atoms with van der Waals surface area (Å²) in [5.74, 6) is 0.555. The van der Waals surface area contributed by atoms with Crippen molar-refractivity contribution in [2.24, 2.45) is 0 Å². The summed E-state index contributed by atoms with van der Waals surface area (Å²) >= 11 is 0. The quantitative estimate of drug-likeness (QED) is 0.352. The molecule has 2 heterocycles. The van der Waals surface area contributed by atoms with Crippen LogP contribution >= 0.6 is 0 Å². The Morgan fingerprint density at radius 1 is 1.23 bits per heavy atom. The summed E-state index contributed by atoms with van der Waals surface area (Å²) < 4.78 is 5.37. The number of nitrogens with one attached hydrogen (secondary N) is 2. The van der Waals surface area contributed by atoms with E-state index in [-0.39, 0.29) is 11.6 Å². The van der Waals surface area contributed by atoms with E-state index >= 15 is 0 Å². The fourth-order valence-electron chi connectivity index (χ4n) is 3.58. The second-order valence-electron chi connectivity index (χ2n) is 7.12. The first kappa shape index (κ1) is 19.8. The van der Waals surface area contributed by atoms with Crippen LogP contribution in [0.1, 0.15) is 22.6 Å². The molecule has 0 atom stereocenters. The summed E-state index contributed by atoms with van der Waals surface area (Å²) in [6.07, 6.45) is 1.40. The van der Waals surface area contributed by atoms with Crippen molar-refractivity contribution in [2.75, 3.05) is 37.7 Å².